The molecule has 1 amide bonds. The van der Waals surface area contributed by atoms with Gasteiger partial charge < -0.3 is 10.6 Å². The number of alkyl halides is 3. The van der Waals surface area contributed by atoms with Gasteiger partial charge in [0.2, 0.25) is 0 Å². The lowest BCUT2D eigenvalue weighted by Crippen LogP contribution is -2.14. The predicted molar refractivity (Wildman–Crippen MR) is 101 cm³/mol. The normalized spacial score (nSPS) is 11.2. The van der Waals surface area contributed by atoms with Crippen molar-refractivity contribution in [2.45, 2.75) is 20.0 Å². The number of rotatable bonds is 4. The summed E-state index contributed by atoms with van der Waals surface area (Å²) in [4.78, 5) is 20.4. The Morgan fingerprint density at radius 3 is 2.29 bits per heavy atom. The van der Waals surface area contributed by atoms with Gasteiger partial charge in [0.05, 0.1) is 18.0 Å². The summed E-state index contributed by atoms with van der Waals surface area (Å²) in [5.41, 5.74) is 2.51. The molecule has 1 aromatic heterocycles. The van der Waals surface area contributed by atoms with Gasteiger partial charge in [-0.25, -0.2) is 9.97 Å². The summed E-state index contributed by atoms with van der Waals surface area (Å²) in [6.45, 7) is 3.94. The number of hydrogen-bond acceptors (Lipinski definition) is 4. The molecule has 0 atom stereocenters. The van der Waals surface area contributed by atoms with Gasteiger partial charge >= 0.3 is 6.18 Å². The van der Waals surface area contributed by atoms with E-state index < -0.39 is 17.6 Å². The molecule has 0 fully saturated rings. The molecule has 0 spiro atoms. The zero-order chi connectivity index (χ0) is 20.3. The van der Waals surface area contributed by atoms with E-state index in [0.717, 1.165) is 28.9 Å². The van der Waals surface area contributed by atoms with Crippen LogP contribution >= 0.6 is 0 Å². The Bertz CT molecular complexity index is 984. The van der Waals surface area contributed by atoms with Gasteiger partial charge in [-0.3, -0.25) is 4.79 Å². The lowest BCUT2D eigenvalue weighted by molar-refractivity contribution is -0.137. The second kappa shape index (κ2) is 7.67. The average molecular weight is 386 g/mol. The van der Waals surface area contributed by atoms with Crippen LogP contribution in [0.1, 0.15) is 27.2 Å². The lowest BCUT2D eigenvalue weighted by Gasteiger charge is -2.10. The number of amides is 1. The first-order chi connectivity index (χ1) is 13.2. The van der Waals surface area contributed by atoms with Crippen LogP contribution in [0.2, 0.25) is 0 Å². The van der Waals surface area contributed by atoms with Crippen molar-refractivity contribution in [3.05, 3.63) is 77.2 Å². The maximum Gasteiger partial charge on any atom is 0.416 e. The summed E-state index contributed by atoms with van der Waals surface area (Å²) in [6.07, 6.45) is -1.71. The van der Waals surface area contributed by atoms with Crippen molar-refractivity contribution < 1.29 is 18.0 Å². The first-order valence-electron chi connectivity index (χ1n) is 8.37. The third-order valence-electron chi connectivity index (χ3n) is 4.01. The number of nitrogens with one attached hydrogen (secondary N) is 2. The first-order valence-corrected chi connectivity index (χ1v) is 8.37. The lowest BCUT2D eigenvalue weighted by atomic mass is 10.1. The van der Waals surface area contributed by atoms with Crippen molar-refractivity contribution in [3.8, 4) is 0 Å². The minimum absolute atomic E-state index is 0.0476. The molecule has 0 aliphatic heterocycles. The fraction of sp³-hybridized carbons (Fsp3) is 0.150. The smallest absolute Gasteiger partial charge is 0.339 e. The molecule has 0 saturated carbocycles. The number of carbonyl (C=O) groups is 1. The largest absolute Gasteiger partial charge is 0.416 e. The van der Waals surface area contributed by atoms with Crippen molar-refractivity contribution in [1.29, 1.82) is 0 Å². The first kappa shape index (κ1) is 19.3. The summed E-state index contributed by atoms with van der Waals surface area (Å²) in [5, 5.41) is 5.63. The molecule has 5 nitrogen and oxygen atoms in total. The summed E-state index contributed by atoms with van der Waals surface area (Å²) in [7, 11) is 0. The number of anilines is 3. The second-order valence-corrected chi connectivity index (χ2v) is 6.26. The monoisotopic (exact) mass is 386 g/mol. The number of aromatic nitrogens is 2. The van der Waals surface area contributed by atoms with Crippen molar-refractivity contribution in [1.82, 2.24) is 9.97 Å². The highest BCUT2D eigenvalue weighted by Gasteiger charge is 2.30. The summed E-state index contributed by atoms with van der Waals surface area (Å²) < 4.78 is 37.7. The number of aryl methyl sites for hydroxylation is 2. The highest BCUT2D eigenvalue weighted by atomic mass is 19.4. The van der Waals surface area contributed by atoms with Crippen LogP contribution in [0.4, 0.5) is 30.4 Å². The van der Waals surface area contributed by atoms with Crippen molar-refractivity contribution in [2.75, 3.05) is 10.6 Å². The summed E-state index contributed by atoms with van der Waals surface area (Å²) in [5.74, 6) is -0.0923. The summed E-state index contributed by atoms with van der Waals surface area (Å²) in [6, 6.07) is 10.1. The Balaban J connectivity index is 1.67. The standard InChI is InChI=1S/C20H17F3N4O/c1-12-3-4-13(2)16(9-12)27-18-11-24-17(10-25-18)19(28)26-15-7-5-14(6-8-15)20(21,22)23/h3-11H,1-2H3,(H,25,27)(H,26,28). The van der Waals surface area contributed by atoms with Gasteiger partial charge in [-0.05, 0) is 55.3 Å². The number of hydrogen-bond donors (Lipinski definition) is 2. The van der Waals surface area contributed by atoms with E-state index in [2.05, 4.69) is 20.6 Å². The molecule has 2 aromatic carbocycles. The molecule has 2 N–H and O–H groups in total. The van der Waals surface area contributed by atoms with E-state index in [-0.39, 0.29) is 11.4 Å². The average Bonchev–Trinajstić information content (AvgIpc) is 2.65. The van der Waals surface area contributed by atoms with E-state index in [1.807, 2.05) is 32.0 Å². The minimum Gasteiger partial charge on any atom is -0.339 e. The van der Waals surface area contributed by atoms with E-state index in [0.29, 0.717) is 5.82 Å². The SMILES string of the molecule is Cc1ccc(C)c(Nc2cnc(C(=O)Nc3ccc(C(F)(F)F)cc3)cn2)c1. The van der Waals surface area contributed by atoms with Crippen LogP contribution in [-0.4, -0.2) is 15.9 Å². The van der Waals surface area contributed by atoms with Gasteiger partial charge in [0.1, 0.15) is 11.5 Å². The number of carbonyl (C=O) groups excluding carboxylic acids is 1. The molecule has 0 radical (unpaired) electrons. The van der Waals surface area contributed by atoms with E-state index in [9.17, 15) is 18.0 Å². The van der Waals surface area contributed by atoms with Gasteiger partial charge in [-0.2, -0.15) is 13.2 Å². The topological polar surface area (TPSA) is 66.9 Å². The fourth-order valence-electron chi connectivity index (χ4n) is 2.46. The number of nitrogens with zero attached hydrogens (tertiary/aromatic N) is 2. The van der Waals surface area contributed by atoms with Crippen LogP contribution in [0.3, 0.4) is 0 Å². The third-order valence-corrected chi connectivity index (χ3v) is 4.01. The van der Waals surface area contributed by atoms with Crippen molar-refractivity contribution in [3.63, 3.8) is 0 Å². The maximum atomic E-state index is 12.6. The Morgan fingerprint density at radius 2 is 1.68 bits per heavy atom. The molecule has 8 heteroatoms. The zero-order valence-electron chi connectivity index (χ0n) is 15.1. The van der Waals surface area contributed by atoms with Gasteiger partial charge in [-0.15, -0.1) is 0 Å². The van der Waals surface area contributed by atoms with Crippen molar-refractivity contribution >= 4 is 23.1 Å². The van der Waals surface area contributed by atoms with Crippen LogP contribution in [0.5, 0.6) is 0 Å². The van der Waals surface area contributed by atoms with E-state index in [4.69, 9.17) is 0 Å². The van der Waals surface area contributed by atoms with Gasteiger partial charge in [-0.1, -0.05) is 12.1 Å². The number of benzene rings is 2. The molecule has 0 aliphatic rings. The van der Waals surface area contributed by atoms with E-state index >= 15 is 0 Å². The highest BCUT2D eigenvalue weighted by Crippen LogP contribution is 2.29. The molecule has 0 saturated heterocycles. The van der Waals surface area contributed by atoms with Gasteiger partial charge in [0, 0.05) is 11.4 Å². The Kier molecular flexibility index (Phi) is 5.30. The minimum atomic E-state index is -4.42. The maximum absolute atomic E-state index is 12.6. The second-order valence-electron chi connectivity index (χ2n) is 6.26. The van der Waals surface area contributed by atoms with Crippen LogP contribution in [0.15, 0.2) is 54.9 Å². The predicted octanol–water partition coefficient (Wildman–Crippen LogP) is 5.11. The summed E-state index contributed by atoms with van der Waals surface area (Å²) >= 11 is 0. The van der Waals surface area contributed by atoms with Crippen LogP contribution in [-0.2, 0) is 6.18 Å². The van der Waals surface area contributed by atoms with Crippen LogP contribution in [0.25, 0.3) is 0 Å². The molecule has 1 heterocycles. The molecule has 144 valence electrons. The quantitative estimate of drug-likeness (QED) is 0.654. The molecule has 0 unspecified atom stereocenters. The van der Waals surface area contributed by atoms with E-state index in [1.165, 1.54) is 24.5 Å². The molecular weight excluding hydrogens is 369 g/mol. The molecule has 3 aromatic rings. The fourth-order valence-corrected chi connectivity index (χ4v) is 2.46. The Hall–Kier alpha value is -3.42. The third kappa shape index (κ3) is 4.64. The highest BCUT2D eigenvalue weighted by molar-refractivity contribution is 6.02. The van der Waals surface area contributed by atoms with Gasteiger partial charge in [0.25, 0.3) is 5.91 Å². The molecule has 28 heavy (non-hydrogen) atoms. The van der Waals surface area contributed by atoms with E-state index in [1.54, 1.807) is 0 Å². The zero-order valence-corrected chi connectivity index (χ0v) is 15.1. The molecule has 0 bridgehead atoms. The van der Waals surface area contributed by atoms with Crippen LogP contribution < -0.4 is 10.6 Å². The molecule has 0 aliphatic carbocycles. The molecule has 3 rings (SSSR count). The number of halogens is 3. The van der Waals surface area contributed by atoms with Crippen LogP contribution in [0, 0.1) is 13.8 Å². The Morgan fingerprint density at radius 1 is 0.964 bits per heavy atom. The molecular formula is C20H17F3N4O. The Labute approximate surface area is 159 Å². The van der Waals surface area contributed by atoms with Crippen molar-refractivity contribution in [2.24, 2.45) is 0 Å². The van der Waals surface area contributed by atoms with Gasteiger partial charge in [0.15, 0.2) is 0 Å².